The van der Waals surface area contributed by atoms with Gasteiger partial charge in [0, 0.05) is 13.1 Å². The van der Waals surface area contributed by atoms with Gasteiger partial charge in [0.25, 0.3) is 0 Å². The summed E-state index contributed by atoms with van der Waals surface area (Å²) in [7, 11) is 1.43. The van der Waals surface area contributed by atoms with Crippen LogP contribution in [0.3, 0.4) is 0 Å². The van der Waals surface area contributed by atoms with E-state index in [4.69, 9.17) is 9.84 Å². The smallest absolute Gasteiger partial charge is 0.358 e. The molecule has 0 saturated carbocycles. The molecule has 91 valence electrons. The van der Waals surface area contributed by atoms with Gasteiger partial charge in [-0.1, -0.05) is 0 Å². The lowest BCUT2D eigenvalue weighted by molar-refractivity contribution is 0.0686. The molecule has 1 saturated heterocycles. The van der Waals surface area contributed by atoms with Crippen LogP contribution in [0.15, 0.2) is 0 Å². The van der Waals surface area contributed by atoms with Crippen LogP contribution < -0.4 is 9.64 Å². The number of piperidine rings is 1. The summed E-state index contributed by atoms with van der Waals surface area (Å²) in [5.41, 5.74) is -0.136. The Morgan fingerprint density at radius 1 is 1.35 bits per heavy atom. The lowest BCUT2D eigenvalue weighted by atomic mass is 10.1. The average molecular weight is 236 g/mol. The maximum absolute atomic E-state index is 11.0. The molecule has 0 aliphatic carbocycles. The summed E-state index contributed by atoms with van der Waals surface area (Å²) in [5.74, 6) is -0.378. The molecule has 0 amide bonds. The van der Waals surface area contributed by atoms with Gasteiger partial charge in [0.1, 0.15) is 0 Å². The molecule has 1 aliphatic heterocycles. The van der Waals surface area contributed by atoms with Crippen molar-refractivity contribution in [3.63, 3.8) is 0 Å². The fourth-order valence-electron chi connectivity index (χ4n) is 1.98. The molecular weight excluding hydrogens is 222 g/mol. The van der Waals surface area contributed by atoms with Crippen LogP contribution in [0.2, 0.25) is 0 Å². The Morgan fingerprint density at radius 2 is 2.06 bits per heavy atom. The first kappa shape index (κ1) is 11.6. The number of carbonyl (C=O) groups is 1. The zero-order chi connectivity index (χ0) is 12.3. The van der Waals surface area contributed by atoms with Crippen molar-refractivity contribution in [1.82, 2.24) is 9.97 Å². The van der Waals surface area contributed by atoms with E-state index in [0.717, 1.165) is 25.9 Å². The maximum atomic E-state index is 11.0. The number of methoxy groups -OCH3 is 1. The highest BCUT2D eigenvalue weighted by atomic mass is 16.5. The van der Waals surface area contributed by atoms with E-state index >= 15 is 0 Å². The van der Waals surface area contributed by atoms with E-state index in [0.29, 0.717) is 5.82 Å². The van der Waals surface area contributed by atoms with Gasteiger partial charge in [-0.25, -0.2) is 14.8 Å². The molecule has 1 N–H and O–H groups in total. The molecule has 0 spiro atoms. The molecular formula is C11H14N3O3. The molecule has 1 aliphatic rings. The summed E-state index contributed by atoms with van der Waals surface area (Å²) >= 11 is 0. The van der Waals surface area contributed by atoms with E-state index in [1.165, 1.54) is 13.5 Å². The Morgan fingerprint density at radius 3 is 2.65 bits per heavy atom. The van der Waals surface area contributed by atoms with E-state index < -0.39 is 5.97 Å². The van der Waals surface area contributed by atoms with E-state index in [-0.39, 0.29) is 11.4 Å². The van der Waals surface area contributed by atoms with Crippen molar-refractivity contribution >= 4 is 11.8 Å². The third kappa shape index (κ3) is 2.30. The van der Waals surface area contributed by atoms with Gasteiger partial charge in [0.2, 0.25) is 6.33 Å². The normalized spacial score (nSPS) is 15.7. The van der Waals surface area contributed by atoms with Crippen LogP contribution in [0.25, 0.3) is 0 Å². The molecule has 6 heteroatoms. The van der Waals surface area contributed by atoms with Crippen LogP contribution in [-0.4, -0.2) is 41.2 Å². The minimum absolute atomic E-state index is 0.136. The van der Waals surface area contributed by atoms with E-state index in [9.17, 15) is 4.79 Å². The van der Waals surface area contributed by atoms with Crippen LogP contribution >= 0.6 is 0 Å². The number of hydrogen-bond donors (Lipinski definition) is 1. The van der Waals surface area contributed by atoms with Crippen LogP contribution in [0, 0.1) is 6.33 Å². The largest absolute Gasteiger partial charge is 0.491 e. The van der Waals surface area contributed by atoms with Gasteiger partial charge in [-0.3, -0.25) is 0 Å². The van der Waals surface area contributed by atoms with Crippen molar-refractivity contribution < 1.29 is 14.6 Å². The maximum Gasteiger partial charge on any atom is 0.358 e. The minimum atomic E-state index is -1.13. The SMILES string of the molecule is COc1c(C(=O)O)n[c]nc1N1CCCCC1. The molecule has 0 aromatic carbocycles. The van der Waals surface area contributed by atoms with Gasteiger partial charge >= 0.3 is 5.97 Å². The molecule has 1 aromatic heterocycles. The number of rotatable bonds is 3. The van der Waals surface area contributed by atoms with Crippen molar-refractivity contribution in [3.05, 3.63) is 12.0 Å². The molecule has 0 unspecified atom stereocenters. The van der Waals surface area contributed by atoms with Gasteiger partial charge < -0.3 is 14.7 Å². The summed E-state index contributed by atoms with van der Waals surface area (Å²) in [6.07, 6.45) is 5.73. The first-order chi connectivity index (χ1) is 8.24. The Bertz CT molecular complexity index is 416. The predicted octanol–water partition coefficient (Wildman–Crippen LogP) is 0.974. The zero-order valence-electron chi connectivity index (χ0n) is 9.64. The number of nitrogens with zero attached hydrogens (tertiary/aromatic N) is 3. The molecule has 2 rings (SSSR count). The number of ether oxygens (including phenoxy) is 1. The Hall–Kier alpha value is -1.85. The van der Waals surface area contributed by atoms with Crippen molar-refractivity contribution in [3.8, 4) is 5.75 Å². The molecule has 2 heterocycles. The van der Waals surface area contributed by atoms with Gasteiger partial charge in [0.05, 0.1) is 7.11 Å². The standard InChI is InChI=1S/C11H14N3O3/c1-17-9-8(11(15)16)12-7-13-10(9)14-5-3-2-4-6-14/h2-6H2,1H3,(H,15,16). The molecule has 1 radical (unpaired) electrons. The summed E-state index contributed by atoms with van der Waals surface area (Å²) in [6.45, 7) is 1.72. The van der Waals surface area contributed by atoms with Crippen molar-refractivity contribution in [1.29, 1.82) is 0 Å². The third-order valence-electron chi connectivity index (χ3n) is 2.80. The van der Waals surface area contributed by atoms with Crippen LogP contribution in [0.1, 0.15) is 29.8 Å². The second-order valence-electron chi connectivity index (χ2n) is 3.88. The number of hydrogen-bond acceptors (Lipinski definition) is 5. The number of anilines is 1. The van der Waals surface area contributed by atoms with Crippen LogP contribution in [0.4, 0.5) is 5.82 Å². The van der Waals surface area contributed by atoms with E-state index in [2.05, 4.69) is 16.3 Å². The topological polar surface area (TPSA) is 75.5 Å². The van der Waals surface area contributed by atoms with Crippen molar-refractivity contribution in [2.24, 2.45) is 0 Å². The Balaban J connectivity index is 2.38. The molecule has 1 fully saturated rings. The highest BCUT2D eigenvalue weighted by Crippen LogP contribution is 2.29. The fraction of sp³-hybridized carbons (Fsp3) is 0.545. The second-order valence-corrected chi connectivity index (χ2v) is 3.88. The number of carboxylic acids is 1. The van der Waals surface area contributed by atoms with Crippen LogP contribution in [0.5, 0.6) is 5.75 Å². The Labute approximate surface area is 99.2 Å². The first-order valence-corrected chi connectivity index (χ1v) is 5.54. The van der Waals surface area contributed by atoms with E-state index in [1.54, 1.807) is 0 Å². The average Bonchev–Trinajstić information content (AvgIpc) is 2.38. The molecule has 6 nitrogen and oxygen atoms in total. The van der Waals surface area contributed by atoms with E-state index in [1.807, 2.05) is 4.90 Å². The van der Waals surface area contributed by atoms with Crippen LogP contribution in [-0.2, 0) is 0 Å². The third-order valence-corrected chi connectivity index (χ3v) is 2.80. The molecule has 0 bridgehead atoms. The molecule has 17 heavy (non-hydrogen) atoms. The van der Waals surface area contributed by atoms with Gasteiger partial charge in [-0.05, 0) is 19.3 Å². The zero-order valence-corrected chi connectivity index (χ0v) is 9.64. The first-order valence-electron chi connectivity index (χ1n) is 5.54. The second kappa shape index (κ2) is 4.99. The highest BCUT2D eigenvalue weighted by molar-refractivity contribution is 5.90. The number of carboxylic acid groups (broad SMARTS) is 1. The lowest BCUT2D eigenvalue weighted by Crippen LogP contribution is -2.31. The summed E-state index contributed by atoms with van der Waals surface area (Å²) in [6, 6.07) is 0. The molecule has 1 aromatic rings. The van der Waals surface area contributed by atoms with Gasteiger partial charge in [-0.15, -0.1) is 0 Å². The predicted molar refractivity (Wildman–Crippen MR) is 60.4 cm³/mol. The Kier molecular flexibility index (Phi) is 3.41. The summed E-state index contributed by atoms with van der Waals surface area (Å²) in [5, 5.41) is 9.01. The highest BCUT2D eigenvalue weighted by Gasteiger charge is 2.23. The van der Waals surface area contributed by atoms with Gasteiger partial charge in [0.15, 0.2) is 17.3 Å². The van der Waals surface area contributed by atoms with Crippen molar-refractivity contribution in [2.75, 3.05) is 25.1 Å². The number of aromatic carboxylic acids is 1. The number of aromatic nitrogens is 2. The quantitative estimate of drug-likeness (QED) is 0.842. The summed E-state index contributed by atoms with van der Waals surface area (Å²) in [4.78, 5) is 20.7. The van der Waals surface area contributed by atoms with Gasteiger partial charge in [-0.2, -0.15) is 0 Å². The van der Waals surface area contributed by atoms with Crippen molar-refractivity contribution in [2.45, 2.75) is 19.3 Å². The fourth-order valence-corrected chi connectivity index (χ4v) is 1.98. The molecule has 0 atom stereocenters. The summed E-state index contributed by atoms with van der Waals surface area (Å²) < 4.78 is 5.12. The minimum Gasteiger partial charge on any atom is -0.491 e. The monoisotopic (exact) mass is 236 g/mol. The lowest BCUT2D eigenvalue weighted by Gasteiger charge is -2.28.